The van der Waals surface area contributed by atoms with Gasteiger partial charge in [0.15, 0.2) is 0 Å². The summed E-state index contributed by atoms with van der Waals surface area (Å²) < 4.78 is 0. The van der Waals surface area contributed by atoms with E-state index in [-0.39, 0.29) is 0 Å². The third kappa shape index (κ3) is 2.57. The highest BCUT2D eigenvalue weighted by molar-refractivity contribution is 5.59. The molecule has 0 unspecified atom stereocenters. The van der Waals surface area contributed by atoms with Gasteiger partial charge in [-0.25, -0.2) is 0 Å². The molecule has 0 aliphatic rings. The molecular weight excluding hydrogens is 242 g/mol. The molecule has 3 aromatic carbocycles. The lowest BCUT2D eigenvalue weighted by molar-refractivity contribution is 1.23. The van der Waals surface area contributed by atoms with Crippen LogP contribution in [0, 0.1) is 5.92 Å². The van der Waals surface area contributed by atoms with E-state index in [0.717, 1.165) is 11.3 Å². The van der Waals surface area contributed by atoms with E-state index >= 15 is 0 Å². The number of benzene rings is 3. The molecule has 0 saturated carbocycles. The highest BCUT2D eigenvalue weighted by Gasteiger charge is 2.17. The van der Waals surface area contributed by atoms with Crippen molar-refractivity contribution >= 4 is 5.69 Å². The van der Waals surface area contributed by atoms with Crippen LogP contribution in [0.2, 0.25) is 0 Å². The standard InChI is InChI=1S/C19H16N/c20-18-13-7-12-17(14-18)19(15-8-3-1-4-9-15)16-10-5-2-6-11-16/h1-14H,20H2. The van der Waals surface area contributed by atoms with Crippen LogP contribution in [-0.2, 0) is 0 Å². The lowest BCUT2D eigenvalue weighted by Gasteiger charge is -2.18. The molecule has 0 heterocycles. The molecule has 0 saturated heterocycles. The van der Waals surface area contributed by atoms with Crippen LogP contribution in [0.25, 0.3) is 0 Å². The Balaban J connectivity index is 2.14. The van der Waals surface area contributed by atoms with Crippen molar-refractivity contribution in [3.05, 3.63) is 108 Å². The summed E-state index contributed by atoms with van der Waals surface area (Å²) in [6.07, 6.45) is 0. The molecule has 1 radical (unpaired) electrons. The molecule has 1 heteroatoms. The zero-order chi connectivity index (χ0) is 13.8. The quantitative estimate of drug-likeness (QED) is 0.550. The Morgan fingerprint density at radius 2 is 1.05 bits per heavy atom. The van der Waals surface area contributed by atoms with E-state index in [2.05, 4.69) is 54.6 Å². The molecule has 97 valence electrons. The van der Waals surface area contributed by atoms with Gasteiger partial charge in [-0.3, -0.25) is 0 Å². The summed E-state index contributed by atoms with van der Waals surface area (Å²) in [7, 11) is 0. The average molecular weight is 258 g/mol. The van der Waals surface area contributed by atoms with Crippen molar-refractivity contribution < 1.29 is 0 Å². The van der Waals surface area contributed by atoms with E-state index in [9.17, 15) is 0 Å². The van der Waals surface area contributed by atoms with Gasteiger partial charge in [0.25, 0.3) is 0 Å². The minimum absolute atomic E-state index is 0.784. The van der Waals surface area contributed by atoms with Gasteiger partial charge in [0.05, 0.1) is 5.92 Å². The van der Waals surface area contributed by atoms with Gasteiger partial charge in [-0.2, -0.15) is 0 Å². The highest BCUT2D eigenvalue weighted by atomic mass is 14.5. The summed E-state index contributed by atoms with van der Waals surface area (Å²) in [6, 6.07) is 28.9. The number of hydrogen-bond donors (Lipinski definition) is 1. The first-order valence-corrected chi connectivity index (χ1v) is 6.68. The Morgan fingerprint density at radius 1 is 0.550 bits per heavy atom. The van der Waals surface area contributed by atoms with Crippen LogP contribution in [0.4, 0.5) is 5.69 Å². The predicted molar refractivity (Wildman–Crippen MR) is 84.3 cm³/mol. The van der Waals surface area contributed by atoms with Crippen molar-refractivity contribution in [1.29, 1.82) is 0 Å². The first kappa shape index (κ1) is 12.5. The molecule has 1 nitrogen and oxygen atoms in total. The zero-order valence-corrected chi connectivity index (χ0v) is 11.2. The van der Waals surface area contributed by atoms with Crippen molar-refractivity contribution in [3.63, 3.8) is 0 Å². The molecule has 0 aromatic heterocycles. The minimum atomic E-state index is 0.784. The second kappa shape index (κ2) is 5.62. The van der Waals surface area contributed by atoms with E-state index in [1.165, 1.54) is 17.0 Å². The van der Waals surface area contributed by atoms with Gasteiger partial charge in [0.2, 0.25) is 0 Å². The van der Waals surface area contributed by atoms with Gasteiger partial charge >= 0.3 is 0 Å². The number of nitrogen functional groups attached to an aromatic ring is 1. The summed E-state index contributed by atoms with van der Waals surface area (Å²) in [5.41, 5.74) is 10.3. The molecule has 0 spiro atoms. The van der Waals surface area contributed by atoms with Gasteiger partial charge in [-0.05, 0) is 28.8 Å². The second-order valence-corrected chi connectivity index (χ2v) is 4.73. The summed E-state index contributed by atoms with van der Waals surface area (Å²) >= 11 is 0. The molecule has 0 aliphatic carbocycles. The highest BCUT2D eigenvalue weighted by Crippen LogP contribution is 2.31. The molecular formula is C19H16N. The molecule has 2 N–H and O–H groups in total. The lowest BCUT2D eigenvalue weighted by Crippen LogP contribution is -2.04. The normalized spacial score (nSPS) is 10.7. The fourth-order valence-electron chi connectivity index (χ4n) is 2.40. The second-order valence-electron chi connectivity index (χ2n) is 4.73. The van der Waals surface area contributed by atoms with Crippen LogP contribution in [0.5, 0.6) is 0 Å². The Bertz CT molecular complexity index is 635. The molecule has 20 heavy (non-hydrogen) atoms. The Hall–Kier alpha value is -2.54. The Morgan fingerprint density at radius 3 is 1.55 bits per heavy atom. The largest absolute Gasteiger partial charge is 0.399 e. The first-order valence-electron chi connectivity index (χ1n) is 6.68. The third-order valence-electron chi connectivity index (χ3n) is 3.30. The van der Waals surface area contributed by atoms with E-state index in [4.69, 9.17) is 5.73 Å². The topological polar surface area (TPSA) is 26.0 Å². The molecule has 0 atom stereocenters. The van der Waals surface area contributed by atoms with Crippen molar-refractivity contribution in [2.45, 2.75) is 0 Å². The molecule has 0 aliphatic heterocycles. The van der Waals surface area contributed by atoms with Gasteiger partial charge in [0, 0.05) is 5.69 Å². The van der Waals surface area contributed by atoms with E-state index in [1.807, 2.05) is 30.3 Å². The Labute approximate surface area is 119 Å². The van der Waals surface area contributed by atoms with Crippen LogP contribution in [0.3, 0.4) is 0 Å². The van der Waals surface area contributed by atoms with E-state index in [0.29, 0.717) is 0 Å². The fraction of sp³-hybridized carbons (Fsp3) is 0. The maximum absolute atomic E-state index is 5.94. The average Bonchev–Trinajstić information content (AvgIpc) is 2.50. The summed E-state index contributed by atoms with van der Waals surface area (Å²) in [6.45, 7) is 0. The molecule has 0 fully saturated rings. The van der Waals surface area contributed by atoms with Gasteiger partial charge in [-0.15, -0.1) is 0 Å². The van der Waals surface area contributed by atoms with E-state index in [1.54, 1.807) is 0 Å². The van der Waals surface area contributed by atoms with Gasteiger partial charge in [-0.1, -0.05) is 72.8 Å². The first-order chi connectivity index (χ1) is 9.84. The van der Waals surface area contributed by atoms with Crippen LogP contribution < -0.4 is 5.73 Å². The zero-order valence-electron chi connectivity index (χ0n) is 11.2. The number of hydrogen-bond acceptors (Lipinski definition) is 1. The summed E-state index contributed by atoms with van der Waals surface area (Å²) in [5.74, 6) is 1.21. The number of rotatable bonds is 3. The number of anilines is 1. The van der Waals surface area contributed by atoms with Gasteiger partial charge in [0.1, 0.15) is 0 Å². The van der Waals surface area contributed by atoms with Crippen molar-refractivity contribution in [2.75, 3.05) is 5.73 Å². The Kier molecular flexibility index (Phi) is 3.51. The molecule has 3 rings (SSSR count). The lowest BCUT2D eigenvalue weighted by atomic mass is 9.85. The van der Waals surface area contributed by atoms with Crippen molar-refractivity contribution in [2.24, 2.45) is 0 Å². The van der Waals surface area contributed by atoms with Crippen LogP contribution in [0.1, 0.15) is 16.7 Å². The molecule has 0 bridgehead atoms. The van der Waals surface area contributed by atoms with Crippen molar-refractivity contribution in [1.82, 2.24) is 0 Å². The summed E-state index contributed by atoms with van der Waals surface area (Å²) in [4.78, 5) is 0. The fourth-order valence-corrected chi connectivity index (χ4v) is 2.40. The smallest absolute Gasteiger partial charge is 0.0630 e. The van der Waals surface area contributed by atoms with Crippen LogP contribution in [-0.4, -0.2) is 0 Å². The molecule has 0 amide bonds. The summed E-state index contributed by atoms with van der Waals surface area (Å²) in [5, 5.41) is 0. The number of nitrogens with two attached hydrogens (primary N) is 1. The third-order valence-corrected chi connectivity index (χ3v) is 3.30. The van der Waals surface area contributed by atoms with Gasteiger partial charge < -0.3 is 5.73 Å². The SMILES string of the molecule is Nc1cccc([C](c2ccccc2)c2ccccc2)c1. The van der Waals surface area contributed by atoms with Crippen LogP contribution in [0.15, 0.2) is 84.9 Å². The van der Waals surface area contributed by atoms with E-state index < -0.39 is 0 Å². The van der Waals surface area contributed by atoms with Crippen molar-refractivity contribution in [3.8, 4) is 0 Å². The van der Waals surface area contributed by atoms with Crippen LogP contribution >= 0.6 is 0 Å². The monoisotopic (exact) mass is 258 g/mol. The maximum Gasteiger partial charge on any atom is 0.0630 e. The minimum Gasteiger partial charge on any atom is -0.399 e. The molecule has 3 aromatic rings. The maximum atomic E-state index is 5.94. The predicted octanol–water partition coefficient (Wildman–Crippen LogP) is 4.29.